The van der Waals surface area contributed by atoms with Crippen LogP contribution in [0.4, 0.5) is 5.69 Å². The lowest BCUT2D eigenvalue weighted by Crippen LogP contribution is -2.27. The first-order chi connectivity index (χ1) is 10.5. The van der Waals surface area contributed by atoms with Crippen LogP contribution in [-0.2, 0) is 4.79 Å². The highest BCUT2D eigenvalue weighted by Crippen LogP contribution is 2.19. The molecule has 1 aromatic rings. The predicted molar refractivity (Wildman–Crippen MR) is 95.2 cm³/mol. The van der Waals surface area contributed by atoms with Crippen LogP contribution in [0.25, 0.3) is 0 Å². The van der Waals surface area contributed by atoms with Gasteiger partial charge in [0.15, 0.2) is 0 Å². The molecule has 2 rings (SSSR count). The van der Waals surface area contributed by atoms with Gasteiger partial charge in [0, 0.05) is 24.3 Å². The quantitative estimate of drug-likeness (QED) is 0.771. The largest absolute Gasteiger partial charge is 0.352 e. The molecule has 1 heterocycles. The molecule has 1 unspecified atom stereocenters. The molecule has 0 aliphatic carbocycles. The SMILES string of the molecule is Cc1cc(C(=O)NCC(C)C)ccc1NC(=O)C1CCNC1.Cl. The monoisotopic (exact) mass is 339 g/mol. The molecule has 0 saturated carbocycles. The summed E-state index contributed by atoms with van der Waals surface area (Å²) >= 11 is 0. The Morgan fingerprint density at radius 1 is 1.35 bits per heavy atom. The van der Waals surface area contributed by atoms with Crippen LogP contribution in [0.5, 0.6) is 0 Å². The number of hydrogen-bond acceptors (Lipinski definition) is 3. The molecule has 0 spiro atoms. The van der Waals surface area contributed by atoms with Crippen LogP contribution in [0.2, 0.25) is 0 Å². The summed E-state index contributed by atoms with van der Waals surface area (Å²) in [7, 11) is 0. The van der Waals surface area contributed by atoms with Gasteiger partial charge in [-0.3, -0.25) is 9.59 Å². The number of amides is 2. The van der Waals surface area contributed by atoms with Gasteiger partial charge in [0.1, 0.15) is 0 Å². The van der Waals surface area contributed by atoms with Gasteiger partial charge in [-0.15, -0.1) is 12.4 Å². The van der Waals surface area contributed by atoms with Crippen molar-refractivity contribution in [2.75, 3.05) is 25.0 Å². The fourth-order valence-electron chi connectivity index (χ4n) is 2.46. The van der Waals surface area contributed by atoms with E-state index in [1.54, 1.807) is 12.1 Å². The maximum atomic E-state index is 12.1. The lowest BCUT2D eigenvalue weighted by molar-refractivity contribution is -0.119. The summed E-state index contributed by atoms with van der Waals surface area (Å²) in [5.74, 6) is 0.428. The smallest absolute Gasteiger partial charge is 0.251 e. The summed E-state index contributed by atoms with van der Waals surface area (Å²) in [6, 6.07) is 5.38. The van der Waals surface area contributed by atoms with Gasteiger partial charge < -0.3 is 16.0 Å². The highest BCUT2D eigenvalue weighted by atomic mass is 35.5. The Morgan fingerprint density at radius 3 is 2.65 bits per heavy atom. The topological polar surface area (TPSA) is 70.2 Å². The van der Waals surface area contributed by atoms with Gasteiger partial charge in [-0.2, -0.15) is 0 Å². The van der Waals surface area contributed by atoms with E-state index in [-0.39, 0.29) is 30.1 Å². The molecular weight excluding hydrogens is 314 g/mol. The number of nitrogens with one attached hydrogen (secondary N) is 3. The standard InChI is InChI=1S/C17H25N3O2.ClH/c1-11(2)9-19-16(21)13-4-5-15(12(3)8-13)20-17(22)14-6-7-18-10-14;/h4-5,8,11,14,18H,6-7,9-10H2,1-3H3,(H,19,21)(H,20,22);1H. The van der Waals surface area contributed by atoms with E-state index in [1.807, 2.05) is 13.0 Å². The van der Waals surface area contributed by atoms with Crippen LogP contribution >= 0.6 is 12.4 Å². The maximum Gasteiger partial charge on any atom is 0.251 e. The number of rotatable bonds is 5. The Balaban J connectivity index is 0.00000264. The highest BCUT2D eigenvalue weighted by molar-refractivity contribution is 5.97. The zero-order chi connectivity index (χ0) is 16.1. The van der Waals surface area contributed by atoms with Crippen LogP contribution in [0.15, 0.2) is 18.2 Å². The van der Waals surface area contributed by atoms with Crippen LogP contribution in [0, 0.1) is 18.8 Å². The lowest BCUT2D eigenvalue weighted by atomic mass is 10.1. The summed E-state index contributed by atoms with van der Waals surface area (Å²) < 4.78 is 0. The molecule has 1 saturated heterocycles. The van der Waals surface area contributed by atoms with Crippen molar-refractivity contribution in [2.45, 2.75) is 27.2 Å². The zero-order valence-corrected chi connectivity index (χ0v) is 14.8. The Kier molecular flexibility index (Phi) is 7.52. The minimum absolute atomic E-state index is 0. The third-order valence-electron chi connectivity index (χ3n) is 3.85. The number of anilines is 1. The van der Waals surface area contributed by atoms with Crippen molar-refractivity contribution in [3.05, 3.63) is 29.3 Å². The van der Waals surface area contributed by atoms with E-state index in [9.17, 15) is 9.59 Å². The highest BCUT2D eigenvalue weighted by Gasteiger charge is 2.22. The van der Waals surface area contributed by atoms with Crippen molar-refractivity contribution in [3.63, 3.8) is 0 Å². The van der Waals surface area contributed by atoms with E-state index in [2.05, 4.69) is 29.8 Å². The summed E-state index contributed by atoms with van der Waals surface area (Å²) in [4.78, 5) is 24.2. The number of aryl methyl sites for hydroxylation is 1. The molecule has 1 aromatic carbocycles. The Bertz CT molecular complexity index is 555. The van der Waals surface area contributed by atoms with Gasteiger partial charge in [-0.1, -0.05) is 13.8 Å². The average molecular weight is 340 g/mol. The first-order valence-corrected chi connectivity index (χ1v) is 7.88. The van der Waals surface area contributed by atoms with Gasteiger partial charge in [0.2, 0.25) is 5.91 Å². The van der Waals surface area contributed by atoms with E-state index >= 15 is 0 Å². The van der Waals surface area contributed by atoms with Crippen molar-refractivity contribution in [1.29, 1.82) is 0 Å². The molecule has 3 N–H and O–H groups in total. The van der Waals surface area contributed by atoms with Crippen LogP contribution in [0.3, 0.4) is 0 Å². The van der Waals surface area contributed by atoms with E-state index in [4.69, 9.17) is 0 Å². The summed E-state index contributed by atoms with van der Waals surface area (Å²) in [6.07, 6.45) is 0.876. The third kappa shape index (κ3) is 5.52. The second kappa shape index (κ2) is 8.89. The molecule has 6 heteroatoms. The van der Waals surface area contributed by atoms with Crippen molar-refractivity contribution in [2.24, 2.45) is 11.8 Å². The van der Waals surface area contributed by atoms with E-state index < -0.39 is 0 Å². The molecule has 1 aliphatic rings. The van der Waals surface area contributed by atoms with Crippen molar-refractivity contribution >= 4 is 29.9 Å². The molecule has 1 atom stereocenters. The number of halogens is 1. The Morgan fingerprint density at radius 2 is 2.09 bits per heavy atom. The van der Waals surface area contributed by atoms with Crippen LogP contribution in [-0.4, -0.2) is 31.4 Å². The number of benzene rings is 1. The van der Waals surface area contributed by atoms with Gasteiger partial charge in [-0.05, 0) is 49.6 Å². The van der Waals surface area contributed by atoms with E-state index in [0.717, 1.165) is 30.8 Å². The molecule has 0 bridgehead atoms. The Hall–Kier alpha value is -1.59. The molecule has 1 fully saturated rings. The normalized spacial score (nSPS) is 16.8. The summed E-state index contributed by atoms with van der Waals surface area (Å²) in [5, 5.41) is 9.04. The first-order valence-electron chi connectivity index (χ1n) is 7.88. The minimum Gasteiger partial charge on any atom is -0.352 e. The molecular formula is C17H26ClN3O2. The van der Waals surface area contributed by atoms with E-state index in [0.29, 0.717) is 18.0 Å². The average Bonchev–Trinajstić information content (AvgIpc) is 3.01. The number of hydrogen-bond donors (Lipinski definition) is 3. The lowest BCUT2D eigenvalue weighted by Gasteiger charge is -2.13. The summed E-state index contributed by atoms with van der Waals surface area (Å²) in [5.41, 5.74) is 2.30. The van der Waals surface area contributed by atoms with Crippen molar-refractivity contribution < 1.29 is 9.59 Å². The molecule has 2 amide bonds. The fourth-order valence-corrected chi connectivity index (χ4v) is 2.46. The molecule has 0 aromatic heterocycles. The third-order valence-corrected chi connectivity index (χ3v) is 3.85. The van der Waals surface area contributed by atoms with Crippen molar-refractivity contribution in [3.8, 4) is 0 Å². The van der Waals surface area contributed by atoms with Crippen LogP contribution < -0.4 is 16.0 Å². The summed E-state index contributed by atoms with van der Waals surface area (Å²) in [6.45, 7) is 8.31. The van der Waals surface area contributed by atoms with Gasteiger partial charge in [0.05, 0.1) is 5.92 Å². The predicted octanol–water partition coefficient (Wildman–Crippen LogP) is 2.35. The minimum atomic E-state index is -0.0744. The van der Waals surface area contributed by atoms with Crippen molar-refractivity contribution in [1.82, 2.24) is 10.6 Å². The van der Waals surface area contributed by atoms with E-state index in [1.165, 1.54) is 0 Å². The maximum absolute atomic E-state index is 12.1. The molecule has 23 heavy (non-hydrogen) atoms. The second-order valence-corrected chi connectivity index (χ2v) is 6.31. The van der Waals surface area contributed by atoms with Gasteiger partial charge >= 0.3 is 0 Å². The fraction of sp³-hybridized carbons (Fsp3) is 0.529. The Labute approximate surface area is 144 Å². The molecule has 5 nitrogen and oxygen atoms in total. The van der Waals surface area contributed by atoms with Gasteiger partial charge in [0.25, 0.3) is 5.91 Å². The molecule has 0 radical (unpaired) electrons. The first kappa shape index (κ1) is 19.5. The number of carbonyl (C=O) groups excluding carboxylic acids is 2. The number of carbonyl (C=O) groups is 2. The van der Waals surface area contributed by atoms with Crippen LogP contribution in [0.1, 0.15) is 36.2 Å². The second-order valence-electron chi connectivity index (χ2n) is 6.31. The van der Waals surface area contributed by atoms with Gasteiger partial charge in [-0.25, -0.2) is 0 Å². The molecule has 1 aliphatic heterocycles. The zero-order valence-electron chi connectivity index (χ0n) is 13.9. The molecule has 128 valence electrons.